The number of carboxylic acids is 1. The lowest BCUT2D eigenvalue weighted by atomic mass is 10.2. The Morgan fingerprint density at radius 3 is 2.61 bits per heavy atom. The predicted octanol–water partition coefficient (Wildman–Crippen LogP) is 1.13. The molecular formula is C18H22N4O6. The molecule has 0 aliphatic carbocycles. The van der Waals surface area contributed by atoms with Crippen LogP contribution in [0.2, 0.25) is 0 Å². The molecule has 0 fully saturated rings. The highest BCUT2D eigenvalue weighted by Gasteiger charge is 2.14. The number of hydrogen-bond donors (Lipinski definition) is 3. The number of carbonyl (C=O) groups excluding carboxylic acids is 2. The highest BCUT2D eigenvalue weighted by Crippen LogP contribution is 2.28. The molecule has 0 aliphatic heterocycles. The molecule has 0 radical (unpaired) electrons. The van der Waals surface area contributed by atoms with Crippen LogP contribution < -0.4 is 20.1 Å². The molecule has 2 aromatic rings. The molecule has 2 rings (SSSR count). The first-order valence-corrected chi connectivity index (χ1v) is 8.45. The van der Waals surface area contributed by atoms with Crippen molar-refractivity contribution in [2.24, 2.45) is 0 Å². The third kappa shape index (κ3) is 6.01. The molecule has 0 unspecified atom stereocenters. The van der Waals surface area contributed by atoms with Gasteiger partial charge in [-0.3, -0.25) is 19.1 Å². The van der Waals surface area contributed by atoms with Crippen molar-refractivity contribution in [3.63, 3.8) is 0 Å². The first-order chi connectivity index (χ1) is 13.3. The van der Waals surface area contributed by atoms with Gasteiger partial charge in [0.2, 0.25) is 0 Å². The number of carboxylic acid groups (broad SMARTS) is 1. The first kappa shape index (κ1) is 20.7. The Kier molecular flexibility index (Phi) is 6.96. The summed E-state index contributed by atoms with van der Waals surface area (Å²) in [5.41, 5.74) is 0.281. The number of anilines is 1. The van der Waals surface area contributed by atoms with E-state index in [1.165, 1.54) is 42.3 Å². The lowest BCUT2D eigenvalue weighted by Gasteiger charge is -2.13. The van der Waals surface area contributed by atoms with Gasteiger partial charge in [-0.2, -0.15) is 5.10 Å². The van der Waals surface area contributed by atoms with Gasteiger partial charge < -0.3 is 25.2 Å². The Morgan fingerprint density at radius 2 is 1.96 bits per heavy atom. The maximum absolute atomic E-state index is 12.4. The Balaban J connectivity index is 2.03. The summed E-state index contributed by atoms with van der Waals surface area (Å²) < 4.78 is 11.9. The molecular weight excluding hydrogens is 368 g/mol. The smallest absolute Gasteiger partial charge is 0.325 e. The minimum absolute atomic E-state index is 0.00282. The van der Waals surface area contributed by atoms with Crippen molar-refractivity contribution in [3.8, 4) is 11.5 Å². The van der Waals surface area contributed by atoms with Crippen LogP contribution in [0.4, 0.5) is 5.82 Å². The number of rotatable bonds is 9. The maximum atomic E-state index is 12.4. The minimum atomic E-state index is -1.04. The molecule has 150 valence electrons. The average molecular weight is 390 g/mol. The third-order valence-corrected chi connectivity index (χ3v) is 3.41. The topological polar surface area (TPSA) is 132 Å². The molecule has 10 nitrogen and oxygen atoms in total. The van der Waals surface area contributed by atoms with Gasteiger partial charge in [0, 0.05) is 23.9 Å². The van der Waals surface area contributed by atoms with Gasteiger partial charge in [-0.15, -0.1) is 0 Å². The predicted molar refractivity (Wildman–Crippen MR) is 99.6 cm³/mol. The van der Waals surface area contributed by atoms with Crippen LogP contribution in [0.1, 0.15) is 24.2 Å². The second-order valence-electron chi connectivity index (χ2n) is 6.12. The summed E-state index contributed by atoms with van der Waals surface area (Å²) in [5, 5.41) is 18.0. The van der Waals surface area contributed by atoms with Gasteiger partial charge >= 0.3 is 5.97 Å². The summed E-state index contributed by atoms with van der Waals surface area (Å²) >= 11 is 0. The molecule has 0 bridgehead atoms. The number of amides is 2. The van der Waals surface area contributed by atoms with E-state index in [4.69, 9.17) is 14.6 Å². The summed E-state index contributed by atoms with van der Waals surface area (Å²) in [6, 6.07) is 6.01. The zero-order valence-corrected chi connectivity index (χ0v) is 15.8. The molecule has 3 N–H and O–H groups in total. The molecule has 0 atom stereocenters. The van der Waals surface area contributed by atoms with E-state index < -0.39 is 11.9 Å². The molecule has 1 heterocycles. The molecule has 10 heteroatoms. The van der Waals surface area contributed by atoms with Crippen molar-refractivity contribution < 1.29 is 29.0 Å². The minimum Gasteiger partial charge on any atom is -0.493 e. The Labute approximate surface area is 161 Å². The lowest BCUT2D eigenvalue weighted by molar-refractivity contribution is -0.137. The van der Waals surface area contributed by atoms with Crippen LogP contribution >= 0.6 is 0 Å². The van der Waals surface area contributed by atoms with E-state index in [2.05, 4.69) is 15.7 Å². The van der Waals surface area contributed by atoms with Gasteiger partial charge in [0.05, 0.1) is 7.11 Å². The number of hydrogen-bond acceptors (Lipinski definition) is 6. The van der Waals surface area contributed by atoms with Crippen LogP contribution in [-0.4, -0.2) is 52.4 Å². The monoisotopic (exact) mass is 390 g/mol. The van der Waals surface area contributed by atoms with E-state index in [1.807, 2.05) is 13.8 Å². The fraction of sp³-hybridized carbons (Fsp3) is 0.333. The van der Waals surface area contributed by atoms with Gasteiger partial charge in [-0.05, 0) is 32.0 Å². The zero-order valence-electron chi connectivity index (χ0n) is 15.8. The first-order valence-electron chi connectivity index (χ1n) is 8.45. The number of nitrogens with one attached hydrogen (secondary N) is 2. The number of aliphatic carboxylic acids is 1. The number of nitrogens with zero attached hydrogens (tertiary/aromatic N) is 2. The van der Waals surface area contributed by atoms with E-state index >= 15 is 0 Å². The second kappa shape index (κ2) is 9.40. The van der Waals surface area contributed by atoms with Gasteiger partial charge in [0.15, 0.2) is 23.9 Å². The van der Waals surface area contributed by atoms with E-state index in [9.17, 15) is 14.4 Å². The van der Waals surface area contributed by atoms with Crippen LogP contribution in [0.5, 0.6) is 11.5 Å². The highest BCUT2D eigenvalue weighted by atomic mass is 16.5. The molecule has 2 amide bonds. The number of carbonyl (C=O) groups is 3. The number of methoxy groups -OCH3 is 1. The fourth-order valence-corrected chi connectivity index (χ4v) is 2.28. The normalized spacial score (nSPS) is 10.4. The van der Waals surface area contributed by atoms with Crippen LogP contribution in [0.25, 0.3) is 0 Å². The SMILES string of the molecule is COc1cc(C(=O)Nc2ccn(CC(=O)O)n2)ccc1OCC(=O)NC(C)C. The molecule has 28 heavy (non-hydrogen) atoms. The third-order valence-electron chi connectivity index (χ3n) is 3.41. The fourth-order valence-electron chi connectivity index (χ4n) is 2.28. The van der Waals surface area contributed by atoms with E-state index in [-0.39, 0.29) is 36.5 Å². The molecule has 0 spiro atoms. The van der Waals surface area contributed by atoms with Gasteiger partial charge in [-0.1, -0.05) is 0 Å². The van der Waals surface area contributed by atoms with Gasteiger partial charge in [0.25, 0.3) is 11.8 Å². The van der Waals surface area contributed by atoms with Crippen molar-refractivity contribution in [2.45, 2.75) is 26.4 Å². The Morgan fingerprint density at radius 1 is 1.21 bits per heavy atom. The summed E-state index contributed by atoms with van der Waals surface area (Å²) in [6.45, 7) is 3.20. The summed E-state index contributed by atoms with van der Waals surface area (Å²) in [6.07, 6.45) is 1.45. The van der Waals surface area contributed by atoms with Crippen molar-refractivity contribution in [1.82, 2.24) is 15.1 Å². The molecule has 0 aliphatic rings. The van der Waals surface area contributed by atoms with Gasteiger partial charge in [-0.25, -0.2) is 0 Å². The standard InChI is InChI=1S/C18H22N4O6/c1-11(2)19-16(23)10-28-13-5-4-12(8-14(13)27-3)18(26)20-15-6-7-22(21-15)9-17(24)25/h4-8,11H,9-10H2,1-3H3,(H,19,23)(H,24,25)(H,20,21,26). The molecule has 0 saturated carbocycles. The summed E-state index contributed by atoms with van der Waals surface area (Å²) in [7, 11) is 1.42. The Bertz CT molecular complexity index is 862. The second-order valence-corrected chi connectivity index (χ2v) is 6.12. The summed E-state index contributed by atoms with van der Waals surface area (Å²) in [4.78, 5) is 34.7. The zero-order chi connectivity index (χ0) is 20.7. The molecule has 1 aromatic carbocycles. The molecule has 0 saturated heterocycles. The largest absolute Gasteiger partial charge is 0.493 e. The van der Waals surface area contributed by atoms with E-state index in [1.54, 1.807) is 0 Å². The van der Waals surface area contributed by atoms with Crippen molar-refractivity contribution in [1.29, 1.82) is 0 Å². The van der Waals surface area contributed by atoms with Crippen LogP contribution in [-0.2, 0) is 16.1 Å². The van der Waals surface area contributed by atoms with Crippen molar-refractivity contribution in [2.75, 3.05) is 19.0 Å². The average Bonchev–Trinajstić information content (AvgIpc) is 3.05. The van der Waals surface area contributed by atoms with Crippen LogP contribution in [0.15, 0.2) is 30.5 Å². The number of benzene rings is 1. The van der Waals surface area contributed by atoms with E-state index in [0.29, 0.717) is 11.5 Å². The molecule has 1 aromatic heterocycles. The van der Waals surface area contributed by atoms with E-state index in [0.717, 1.165) is 0 Å². The van der Waals surface area contributed by atoms with Crippen LogP contribution in [0, 0.1) is 0 Å². The number of aromatic nitrogens is 2. The quantitative estimate of drug-likeness (QED) is 0.585. The highest BCUT2D eigenvalue weighted by molar-refractivity contribution is 6.04. The number of ether oxygens (including phenoxy) is 2. The maximum Gasteiger partial charge on any atom is 0.325 e. The van der Waals surface area contributed by atoms with Gasteiger partial charge in [0.1, 0.15) is 6.54 Å². The van der Waals surface area contributed by atoms with Crippen molar-refractivity contribution in [3.05, 3.63) is 36.0 Å². The lowest BCUT2D eigenvalue weighted by Crippen LogP contribution is -2.34. The summed E-state index contributed by atoms with van der Waals surface area (Å²) in [5.74, 6) is -0.928. The Hall–Kier alpha value is -3.56. The van der Waals surface area contributed by atoms with Crippen LogP contribution in [0.3, 0.4) is 0 Å². The van der Waals surface area contributed by atoms with Crippen molar-refractivity contribution >= 4 is 23.6 Å².